The number of nitrogens with one attached hydrogen (secondary N) is 1. The van der Waals surface area contributed by atoms with Gasteiger partial charge in [-0.1, -0.05) is 54.6 Å². The number of ether oxygens (including phenoxy) is 1. The zero-order valence-corrected chi connectivity index (χ0v) is 18.3. The van der Waals surface area contributed by atoms with Crippen LogP contribution in [0.25, 0.3) is 0 Å². The smallest absolute Gasteiger partial charge is 0.243 e. The number of hydrogen-bond acceptors (Lipinski definition) is 5. The third-order valence-electron chi connectivity index (χ3n) is 5.22. The van der Waals surface area contributed by atoms with Crippen molar-refractivity contribution in [1.29, 1.82) is 0 Å². The lowest BCUT2D eigenvalue weighted by atomic mass is 10.1. The minimum atomic E-state index is -3.54. The predicted molar refractivity (Wildman–Crippen MR) is 116 cm³/mol. The average Bonchev–Trinajstić information content (AvgIpc) is 2.73. The van der Waals surface area contributed by atoms with Crippen LogP contribution in [0.2, 0.25) is 0 Å². The van der Waals surface area contributed by atoms with Crippen molar-refractivity contribution in [3.8, 4) is 0 Å². The molecule has 7 nitrogen and oxygen atoms in total. The van der Waals surface area contributed by atoms with Gasteiger partial charge in [-0.15, -0.1) is 0 Å². The maximum absolute atomic E-state index is 13.0. The van der Waals surface area contributed by atoms with Gasteiger partial charge in [-0.05, 0) is 16.7 Å². The minimum Gasteiger partial charge on any atom is -0.379 e. The first-order valence-electron chi connectivity index (χ1n) is 9.98. The number of likely N-dealkylation sites (N-methyl/N-ethyl adjacent to an activating group) is 1. The standard InChI is InChI=1S/C22H29N3O4S/c1-24(30(2,27)28)21(20-9-4-3-5-10-20)22(26)23-16-18-7-6-8-19(15-18)17-25-11-13-29-14-12-25/h3-10,15,21H,11-14,16-17H2,1-2H3,(H,23,26)/t21-/m0/s1. The fourth-order valence-electron chi connectivity index (χ4n) is 3.49. The van der Waals surface area contributed by atoms with E-state index in [-0.39, 0.29) is 5.91 Å². The Morgan fingerprint density at radius 3 is 2.43 bits per heavy atom. The van der Waals surface area contributed by atoms with Gasteiger partial charge in [0.1, 0.15) is 6.04 Å². The maximum atomic E-state index is 13.0. The highest BCUT2D eigenvalue weighted by Crippen LogP contribution is 2.22. The molecule has 1 amide bonds. The monoisotopic (exact) mass is 431 g/mol. The van der Waals surface area contributed by atoms with Crippen molar-refractivity contribution in [2.24, 2.45) is 0 Å². The quantitative estimate of drug-likeness (QED) is 0.689. The van der Waals surface area contributed by atoms with Gasteiger partial charge in [-0.25, -0.2) is 8.42 Å². The number of nitrogens with zero attached hydrogens (tertiary/aromatic N) is 2. The predicted octanol–water partition coefficient (Wildman–Crippen LogP) is 1.77. The number of benzene rings is 2. The van der Waals surface area contributed by atoms with Crippen molar-refractivity contribution >= 4 is 15.9 Å². The number of amides is 1. The summed E-state index contributed by atoms with van der Waals surface area (Å²) in [5, 5.41) is 2.90. The average molecular weight is 432 g/mol. The number of sulfonamides is 1. The van der Waals surface area contributed by atoms with E-state index < -0.39 is 16.1 Å². The fraction of sp³-hybridized carbons (Fsp3) is 0.409. The van der Waals surface area contributed by atoms with Crippen LogP contribution in [0.3, 0.4) is 0 Å². The third kappa shape index (κ3) is 6.12. The number of hydrogen-bond donors (Lipinski definition) is 1. The Bertz CT molecular complexity index is 944. The fourth-order valence-corrected chi connectivity index (χ4v) is 4.09. The first-order chi connectivity index (χ1) is 14.3. The molecular weight excluding hydrogens is 402 g/mol. The summed E-state index contributed by atoms with van der Waals surface area (Å²) < 4.78 is 30.7. The molecule has 8 heteroatoms. The molecule has 0 radical (unpaired) electrons. The number of morpholine rings is 1. The SMILES string of the molecule is CN([C@H](C(=O)NCc1cccc(CN2CCOCC2)c1)c1ccccc1)S(C)(=O)=O. The van der Waals surface area contributed by atoms with Gasteiger partial charge in [0.15, 0.2) is 0 Å². The van der Waals surface area contributed by atoms with Crippen LogP contribution in [0.5, 0.6) is 0 Å². The second-order valence-electron chi connectivity index (χ2n) is 7.52. The van der Waals surface area contributed by atoms with Gasteiger partial charge in [-0.3, -0.25) is 9.69 Å². The van der Waals surface area contributed by atoms with Gasteiger partial charge >= 0.3 is 0 Å². The van der Waals surface area contributed by atoms with Crippen LogP contribution in [-0.2, 0) is 32.6 Å². The molecule has 1 N–H and O–H groups in total. The van der Waals surface area contributed by atoms with E-state index in [1.807, 2.05) is 18.2 Å². The molecule has 0 bridgehead atoms. The van der Waals surface area contributed by atoms with Crippen LogP contribution >= 0.6 is 0 Å². The summed E-state index contributed by atoms with van der Waals surface area (Å²) in [5.74, 6) is -0.354. The van der Waals surface area contributed by atoms with Crippen molar-refractivity contribution in [2.75, 3.05) is 39.6 Å². The van der Waals surface area contributed by atoms with E-state index >= 15 is 0 Å². The molecule has 1 aliphatic heterocycles. The molecule has 30 heavy (non-hydrogen) atoms. The van der Waals surface area contributed by atoms with Crippen LogP contribution in [0.4, 0.5) is 0 Å². The highest BCUT2D eigenvalue weighted by Gasteiger charge is 2.30. The van der Waals surface area contributed by atoms with Crippen molar-refractivity contribution in [3.63, 3.8) is 0 Å². The van der Waals surface area contributed by atoms with Gasteiger partial charge in [0.05, 0.1) is 19.5 Å². The molecule has 0 aliphatic carbocycles. The Morgan fingerprint density at radius 2 is 1.77 bits per heavy atom. The highest BCUT2D eigenvalue weighted by molar-refractivity contribution is 7.88. The zero-order valence-electron chi connectivity index (χ0n) is 17.5. The molecule has 162 valence electrons. The molecule has 0 aromatic heterocycles. The van der Waals surface area contributed by atoms with Gasteiger partial charge in [0, 0.05) is 33.2 Å². The molecule has 2 aromatic rings. The topological polar surface area (TPSA) is 79.0 Å². The first kappa shape index (κ1) is 22.4. The van der Waals surface area contributed by atoms with Crippen LogP contribution < -0.4 is 5.32 Å². The third-order valence-corrected chi connectivity index (χ3v) is 6.48. The van der Waals surface area contributed by atoms with Crippen molar-refractivity contribution in [3.05, 3.63) is 71.3 Å². The lowest BCUT2D eigenvalue weighted by molar-refractivity contribution is -0.124. The summed E-state index contributed by atoms with van der Waals surface area (Å²) >= 11 is 0. The Balaban J connectivity index is 1.68. The molecule has 0 spiro atoms. The largest absolute Gasteiger partial charge is 0.379 e. The summed E-state index contributed by atoms with van der Waals surface area (Å²) in [7, 11) is -2.12. The van der Waals surface area contributed by atoms with Crippen LogP contribution in [0.1, 0.15) is 22.7 Å². The summed E-state index contributed by atoms with van der Waals surface area (Å²) in [6, 6.07) is 16.1. The van der Waals surface area contributed by atoms with E-state index in [4.69, 9.17) is 4.74 Å². The van der Waals surface area contributed by atoms with Gasteiger partial charge in [0.25, 0.3) is 0 Å². The molecule has 1 saturated heterocycles. The summed E-state index contributed by atoms with van der Waals surface area (Å²) in [6.07, 6.45) is 1.10. The molecule has 1 aliphatic rings. The van der Waals surface area contributed by atoms with E-state index in [1.165, 1.54) is 12.6 Å². The normalized spacial score (nSPS) is 16.4. The van der Waals surface area contributed by atoms with Gasteiger partial charge < -0.3 is 10.1 Å². The summed E-state index contributed by atoms with van der Waals surface area (Å²) in [5.41, 5.74) is 2.78. The Kier molecular flexibility index (Phi) is 7.60. The molecule has 2 aromatic carbocycles. The zero-order chi connectivity index (χ0) is 21.6. The van der Waals surface area contributed by atoms with Crippen molar-refractivity contribution < 1.29 is 17.9 Å². The lowest BCUT2D eigenvalue weighted by Crippen LogP contribution is -2.41. The molecule has 1 fully saturated rings. The van der Waals surface area contributed by atoms with Crippen LogP contribution in [0, 0.1) is 0 Å². The summed E-state index contributed by atoms with van der Waals surface area (Å²) in [4.78, 5) is 15.3. The molecule has 1 heterocycles. The van der Waals surface area contributed by atoms with Crippen molar-refractivity contribution in [1.82, 2.24) is 14.5 Å². The Hall–Kier alpha value is -2.26. The van der Waals surface area contributed by atoms with E-state index in [1.54, 1.807) is 24.3 Å². The Labute approximate surface area is 178 Å². The van der Waals surface area contributed by atoms with Crippen molar-refractivity contribution in [2.45, 2.75) is 19.1 Å². The van der Waals surface area contributed by atoms with Crippen LogP contribution in [0.15, 0.2) is 54.6 Å². The van der Waals surface area contributed by atoms with Gasteiger partial charge in [0.2, 0.25) is 15.9 Å². The number of carbonyl (C=O) groups is 1. The first-order valence-corrected chi connectivity index (χ1v) is 11.8. The minimum absolute atomic E-state index is 0.330. The van der Waals surface area contributed by atoms with Crippen LogP contribution in [-0.4, -0.2) is 63.1 Å². The molecule has 0 unspecified atom stereocenters. The van der Waals surface area contributed by atoms with Gasteiger partial charge in [-0.2, -0.15) is 4.31 Å². The maximum Gasteiger partial charge on any atom is 0.243 e. The highest BCUT2D eigenvalue weighted by atomic mass is 32.2. The van der Waals surface area contributed by atoms with E-state index in [0.717, 1.165) is 49.0 Å². The summed E-state index contributed by atoms with van der Waals surface area (Å²) in [6.45, 7) is 4.51. The number of rotatable bonds is 8. The van der Waals surface area contributed by atoms with E-state index in [0.29, 0.717) is 12.1 Å². The number of carbonyl (C=O) groups excluding carboxylic acids is 1. The van der Waals surface area contributed by atoms with E-state index in [9.17, 15) is 13.2 Å². The lowest BCUT2D eigenvalue weighted by Gasteiger charge is -2.27. The second-order valence-corrected chi connectivity index (χ2v) is 9.56. The molecule has 0 saturated carbocycles. The van der Waals surface area contributed by atoms with E-state index in [2.05, 4.69) is 22.3 Å². The molecule has 1 atom stereocenters. The molecular formula is C22H29N3O4S. The molecule has 3 rings (SSSR count). The second kappa shape index (κ2) is 10.2. The Morgan fingerprint density at radius 1 is 1.10 bits per heavy atom.